The zero-order valence-electron chi connectivity index (χ0n) is 4.96. The average molecular weight is 168 g/mol. The Hall–Kier alpha value is -0.667. The minimum atomic E-state index is 0.817. The summed E-state index contributed by atoms with van der Waals surface area (Å²) < 4.78 is 1.17. The Labute approximate surface area is 64.0 Å². The van der Waals surface area contributed by atoms with E-state index in [4.69, 9.17) is 5.26 Å². The molecule has 39 valence electrons. The van der Waals surface area contributed by atoms with Crippen molar-refractivity contribution in [2.24, 2.45) is 0 Å². The Morgan fingerprint density at radius 2 is 2.00 bits per heavy atom. The fourth-order valence-electron chi connectivity index (χ4n) is 0.629. The molecule has 0 radical (unpaired) electrons. The molecule has 2 heteroatoms. The molecule has 0 aliphatic carbocycles. The van der Waals surface area contributed by atoms with Crippen LogP contribution in [0.5, 0.6) is 0 Å². The van der Waals surface area contributed by atoms with Crippen molar-refractivity contribution in [3.63, 3.8) is 0 Å². The predicted octanol–water partition coefficient (Wildman–Crippen LogP) is 0.730. The summed E-state index contributed by atoms with van der Waals surface area (Å²) in [6.45, 7) is 0. The van der Waals surface area contributed by atoms with E-state index in [-0.39, 0.29) is 0 Å². The van der Waals surface area contributed by atoms with Crippen LogP contribution in [0.1, 0.15) is 5.56 Å². The van der Waals surface area contributed by atoms with Gasteiger partial charge in [-0.05, 0) is 0 Å². The number of hydrogen-bond acceptors (Lipinski definition) is 1. The van der Waals surface area contributed by atoms with Gasteiger partial charge in [0.15, 0.2) is 0 Å². The van der Waals surface area contributed by atoms with Crippen LogP contribution >= 0.6 is 0 Å². The second kappa shape index (κ2) is 2.75. The zero-order valence-corrected chi connectivity index (χ0v) is 7.93. The molecule has 1 nitrogen and oxygen atoms in total. The molecule has 1 rings (SSSR count). The van der Waals surface area contributed by atoms with Gasteiger partial charge in [0, 0.05) is 0 Å². The molecule has 0 unspecified atom stereocenters. The first-order chi connectivity index (χ1) is 4.34. The Morgan fingerprint density at radius 1 is 1.33 bits per heavy atom. The molecule has 1 aromatic carbocycles. The van der Waals surface area contributed by atoms with Crippen LogP contribution in [-0.4, -0.2) is 0 Å². The number of nitriles is 1. The molecule has 0 bridgehead atoms. The molecule has 1 aromatic rings. The van der Waals surface area contributed by atoms with Gasteiger partial charge >= 0.3 is 63.6 Å². The molecule has 0 aromatic heterocycles. The Bertz CT molecular complexity index is 249. The molecule has 0 saturated carbocycles. The van der Waals surface area contributed by atoms with E-state index in [9.17, 15) is 0 Å². The van der Waals surface area contributed by atoms with E-state index in [0.29, 0.717) is 0 Å². The summed E-state index contributed by atoms with van der Waals surface area (Å²) in [7, 11) is 0. The van der Waals surface area contributed by atoms with Gasteiger partial charge in [-0.3, -0.25) is 0 Å². The van der Waals surface area contributed by atoms with E-state index in [1.165, 1.54) is 4.16 Å². The van der Waals surface area contributed by atoms with E-state index in [0.717, 1.165) is 23.9 Å². The molecule has 0 spiro atoms. The van der Waals surface area contributed by atoms with E-state index in [1.807, 2.05) is 24.3 Å². The van der Waals surface area contributed by atoms with Gasteiger partial charge in [-0.1, -0.05) is 0 Å². The predicted molar refractivity (Wildman–Crippen MR) is 30.8 cm³/mol. The van der Waals surface area contributed by atoms with Crippen molar-refractivity contribution in [3.8, 4) is 6.07 Å². The van der Waals surface area contributed by atoms with Crippen LogP contribution in [-0.2, 0) is 18.3 Å². The van der Waals surface area contributed by atoms with Gasteiger partial charge < -0.3 is 0 Å². The van der Waals surface area contributed by atoms with Crippen molar-refractivity contribution in [2.75, 3.05) is 0 Å². The molecule has 0 amide bonds. The first-order valence-corrected chi connectivity index (χ1v) is 4.14. The van der Waals surface area contributed by atoms with Crippen molar-refractivity contribution in [1.29, 1.82) is 5.26 Å². The van der Waals surface area contributed by atoms with E-state index in [1.54, 1.807) is 0 Å². The summed E-state index contributed by atoms with van der Waals surface area (Å²) in [6, 6.07) is 9.80. The average Bonchev–Trinajstić information content (AvgIpc) is 1.89. The second-order valence-electron chi connectivity index (χ2n) is 1.77. The van der Waals surface area contributed by atoms with Crippen molar-refractivity contribution < 1.29 is 18.3 Å². The SMILES string of the molecule is N#Cc1cccc[c]1[Zn]. The maximum absolute atomic E-state index is 8.49. The molecule has 0 fully saturated rings. The quantitative estimate of drug-likeness (QED) is 0.523. The molecule has 0 saturated heterocycles. The van der Waals surface area contributed by atoms with E-state index < -0.39 is 0 Å². The van der Waals surface area contributed by atoms with Crippen LogP contribution in [0.25, 0.3) is 0 Å². The van der Waals surface area contributed by atoms with Gasteiger partial charge in [0.05, 0.1) is 0 Å². The number of hydrogen-bond donors (Lipinski definition) is 0. The molecule has 0 aliphatic heterocycles. The molecule has 0 atom stereocenters. The third-order valence-corrected chi connectivity index (χ3v) is 2.43. The Kier molecular flexibility index (Phi) is 1.98. The van der Waals surface area contributed by atoms with Gasteiger partial charge in [-0.2, -0.15) is 0 Å². The third kappa shape index (κ3) is 1.37. The molecule has 0 N–H and O–H groups in total. The van der Waals surface area contributed by atoms with Crippen LogP contribution in [0.4, 0.5) is 0 Å². The zero-order chi connectivity index (χ0) is 6.69. The number of benzene rings is 1. The Morgan fingerprint density at radius 3 is 2.44 bits per heavy atom. The van der Waals surface area contributed by atoms with Gasteiger partial charge in [-0.25, -0.2) is 0 Å². The van der Waals surface area contributed by atoms with Gasteiger partial charge in [0.1, 0.15) is 0 Å². The van der Waals surface area contributed by atoms with E-state index >= 15 is 0 Å². The summed E-state index contributed by atoms with van der Waals surface area (Å²) in [5.41, 5.74) is 0.817. The van der Waals surface area contributed by atoms with Gasteiger partial charge in [0.2, 0.25) is 0 Å². The molecule has 0 heterocycles. The molecule has 9 heavy (non-hydrogen) atoms. The van der Waals surface area contributed by atoms with Crippen LogP contribution in [0.3, 0.4) is 0 Å². The summed E-state index contributed by atoms with van der Waals surface area (Å²) >= 11 is 1.06. The molecular weight excluding hydrogens is 163 g/mol. The fraction of sp³-hybridized carbons (Fsp3) is 0. The first-order valence-electron chi connectivity index (χ1n) is 2.65. The summed E-state index contributed by atoms with van der Waals surface area (Å²) in [5, 5.41) is 8.49. The summed E-state index contributed by atoms with van der Waals surface area (Å²) in [6.07, 6.45) is 0. The molecular formula is C7H4NZn. The van der Waals surface area contributed by atoms with Gasteiger partial charge in [-0.15, -0.1) is 0 Å². The standard InChI is InChI=1S/C7H4N.Zn/c8-6-7-4-2-1-3-5-7;/h1-4H;. The van der Waals surface area contributed by atoms with Crippen LogP contribution in [0, 0.1) is 11.3 Å². The summed E-state index contributed by atoms with van der Waals surface area (Å²) in [4.78, 5) is 0. The van der Waals surface area contributed by atoms with E-state index in [2.05, 4.69) is 6.07 Å². The third-order valence-electron chi connectivity index (χ3n) is 1.14. The van der Waals surface area contributed by atoms with Crippen molar-refractivity contribution >= 4 is 4.16 Å². The topological polar surface area (TPSA) is 23.8 Å². The monoisotopic (exact) mass is 166 g/mol. The second-order valence-corrected chi connectivity index (χ2v) is 3.37. The fourth-order valence-corrected chi connectivity index (χ4v) is 1.33. The summed E-state index contributed by atoms with van der Waals surface area (Å²) in [5.74, 6) is 0. The van der Waals surface area contributed by atoms with Crippen LogP contribution in [0.2, 0.25) is 0 Å². The normalized spacial score (nSPS) is 8.56. The number of nitrogens with zero attached hydrogens (tertiary/aromatic N) is 1. The minimum absolute atomic E-state index is 0.817. The molecule has 0 aliphatic rings. The van der Waals surface area contributed by atoms with Crippen LogP contribution in [0.15, 0.2) is 24.3 Å². The van der Waals surface area contributed by atoms with Crippen molar-refractivity contribution in [3.05, 3.63) is 29.8 Å². The van der Waals surface area contributed by atoms with Crippen molar-refractivity contribution in [2.45, 2.75) is 0 Å². The maximum atomic E-state index is 8.49. The number of rotatable bonds is 0. The Balaban J connectivity index is 3.20. The van der Waals surface area contributed by atoms with Crippen LogP contribution < -0.4 is 4.16 Å². The van der Waals surface area contributed by atoms with Crippen molar-refractivity contribution in [1.82, 2.24) is 0 Å². The van der Waals surface area contributed by atoms with Gasteiger partial charge in [0.25, 0.3) is 0 Å². The first kappa shape index (κ1) is 6.45.